The predicted octanol–water partition coefficient (Wildman–Crippen LogP) is 2.77. The van der Waals surface area contributed by atoms with Crippen molar-refractivity contribution in [3.63, 3.8) is 0 Å². The number of hydrogen-bond acceptors (Lipinski definition) is 4. The molecule has 2 atom stereocenters. The third-order valence-electron chi connectivity index (χ3n) is 5.04. The number of benzene rings is 1. The van der Waals surface area contributed by atoms with Crippen molar-refractivity contribution in [3.05, 3.63) is 48.4 Å². The molecule has 2 heterocycles. The van der Waals surface area contributed by atoms with Gasteiger partial charge in [-0.15, -0.1) is 0 Å². The zero-order valence-electron chi connectivity index (χ0n) is 13.9. The van der Waals surface area contributed by atoms with Crippen LogP contribution in [0.15, 0.2) is 47.1 Å². The van der Waals surface area contributed by atoms with E-state index >= 15 is 0 Å². The largest absolute Gasteiger partial charge is 0.469 e. The lowest BCUT2D eigenvalue weighted by Crippen LogP contribution is -2.44. The molecule has 0 radical (unpaired) electrons. The molecule has 2 fully saturated rings. The van der Waals surface area contributed by atoms with E-state index in [9.17, 15) is 4.79 Å². The number of carbonyl (C=O) groups excluding carboxylic acids is 1. The third kappa shape index (κ3) is 3.17. The van der Waals surface area contributed by atoms with Crippen molar-refractivity contribution < 1.29 is 9.21 Å². The second kappa shape index (κ2) is 6.32. The molecule has 1 amide bonds. The number of piperazine rings is 1. The van der Waals surface area contributed by atoms with Crippen LogP contribution in [0.4, 0.5) is 11.4 Å². The number of nitrogens with one attached hydrogen (secondary N) is 1. The van der Waals surface area contributed by atoms with Gasteiger partial charge in [0.2, 0.25) is 5.91 Å². The number of furan rings is 1. The van der Waals surface area contributed by atoms with E-state index in [1.54, 1.807) is 6.26 Å². The van der Waals surface area contributed by atoms with Crippen LogP contribution in [0.1, 0.15) is 18.1 Å². The number of hydrogen-bond donors (Lipinski definition) is 1. The molecule has 126 valence electrons. The molecule has 2 aromatic rings. The SMILES string of the molecule is CN1CCN(c2ccc(NC(=O)[C@@H]3C[C@@H]3c3ccco3)cc2)CC1. The normalized spacial score (nSPS) is 24.0. The van der Waals surface area contributed by atoms with E-state index in [1.165, 1.54) is 5.69 Å². The van der Waals surface area contributed by atoms with Crippen molar-refractivity contribution in [2.75, 3.05) is 43.4 Å². The molecule has 0 spiro atoms. The summed E-state index contributed by atoms with van der Waals surface area (Å²) in [5.74, 6) is 1.28. The Morgan fingerprint density at radius 3 is 2.54 bits per heavy atom. The molecule has 24 heavy (non-hydrogen) atoms. The molecule has 1 aromatic heterocycles. The summed E-state index contributed by atoms with van der Waals surface area (Å²) < 4.78 is 5.39. The number of nitrogens with zero attached hydrogens (tertiary/aromatic N) is 2. The molecule has 1 aliphatic carbocycles. The van der Waals surface area contributed by atoms with Gasteiger partial charge in [-0.25, -0.2) is 0 Å². The van der Waals surface area contributed by atoms with Crippen LogP contribution in [0.2, 0.25) is 0 Å². The lowest BCUT2D eigenvalue weighted by atomic mass is 10.2. The van der Waals surface area contributed by atoms with Gasteiger partial charge in [-0.2, -0.15) is 0 Å². The average molecular weight is 325 g/mol. The van der Waals surface area contributed by atoms with Crippen molar-refractivity contribution in [2.45, 2.75) is 12.3 Å². The Kier molecular flexibility index (Phi) is 4.02. The van der Waals surface area contributed by atoms with E-state index in [0.717, 1.165) is 44.0 Å². The summed E-state index contributed by atoms with van der Waals surface area (Å²) in [5, 5.41) is 3.03. The van der Waals surface area contributed by atoms with Crippen molar-refractivity contribution in [1.29, 1.82) is 0 Å². The Labute approximate surface area is 142 Å². The highest BCUT2D eigenvalue weighted by molar-refractivity contribution is 5.95. The van der Waals surface area contributed by atoms with Crippen molar-refractivity contribution in [3.8, 4) is 0 Å². The smallest absolute Gasteiger partial charge is 0.228 e. The van der Waals surface area contributed by atoms with Crippen LogP contribution in [0.25, 0.3) is 0 Å². The zero-order valence-corrected chi connectivity index (χ0v) is 13.9. The lowest BCUT2D eigenvalue weighted by molar-refractivity contribution is -0.117. The quantitative estimate of drug-likeness (QED) is 0.939. The summed E-state index contributed by atoms with van der Waals surface area (Å²) in [4.78, 5) is 17.1. The first-order valence-electron chi connectivity index (χ1n) is 8.58. The van der Waals surface area contributed by atoms with Crippen LogP contribution in [0.5, 0.6) is 0 Å². The molecule has 2 aliphatic rings. The summed E-state index contributed by atoms with van der Waals surface area (Å²) >= 11 is 0. The van der Waals surface area contributed by atoms with Crippen LogP contribution in [0, 0.1) is 5.92 Å². The number of carbonyl (C=O) groups is 1. The number of likely N-dealkylation sites (N-methyl/N-ethyl adjacent to an activating group) is 1. The molecule has 1 aromatic carbocycles. The fourth-order valence-corrected chi connectivity index (χ4v) is 3.36. The van der Waals surface area contributed by atoms with E-state index in [2.05, 4.69) is 34.3 Å². The minimum Gasteiger partial charge on any atom is -0.469 e. The maximum absolute atomic E-state index is 12.3. The monoisotopic (exact) mass is 325 g/mol. The highest BCUT2D eigenvalue weighted by atomic mass is 16.3. The Morgan fingerprint density at radius 1 is 1.12 bits per heavy atom. The first-order valence-corrected chi connectivity index (χ1v) is 8.58. The summed E-state index contributed by atoms with van der Waals surface area (Å²) in [6, 6.07) is 12.0. The maximum Gasteiger partial charge on any atom is 0.228 e. The summed E-state index contributed by atoms with van der Waals surface area (Å²) in [7, 11) is 2.16. The van der Waals surface area contributed by atoms with Gasteiger partial charge in [0.1, 0.15) is 5.76 Å². The summed E-state index contributed by atoms with van der Waals surface area (Å²) in [6.07, 6.45) is 2.54. The number of amides is 1. The molecule has 5 heteroatoms. The molecular weight excluding hydrogens is 302 g/mol. The van der Waals surface area contributed by atoms with E-state index in [0.29, 0.717) is 0 Å². The van der Waals surface area contributed by atoms with Gasteiger partial charge in [0.25, 0.3) is 0 Å². The van der Waals surface area contributed by atoms with E-state index < -0.39 is 0 Å². The third-order valence-corrected chi connectivity index (χ3v) is 5.04. The fourth-order valence-electron chi connectivity index (χ4n) is 3.36. The van der Waals surface area contributed by atoms with Gasteiger partial charge in [-0.1, -0.05) is 0 Å². The van der Waals surface area contributed by atoms with Gasteiger partial charge in [0, 0.05) is 49.4 Å². The van der Waals surface area contributed by atoms with Crippen LogP contribution in [0.3, 0.4) is 0 Å². The van der Waals surface area contributed by atoms with Crippen LogP contribution in [-0.2, 0) is 4.79 Å². The Bertz CT molecular complexity index is 688. The molecule has 5 nitrogen and oxygen atoms in total. The lowest BCUT2D eigenvalue weighted by Gasteiger charge is -2.34. The Morgan fingerprint density at radius 2 is 1.88 bits per heavy atom. The van der Waals surface area contributed by atoms with Crippen molar-refractivity contribution in [1.82, 2.24) is 4.90 Å². The summed E-state index contributed by atoms with van der Waals surface area (Å²) in [5.41, 5.74) is 2.09. The second-order valence-corrected chi connectivity index (χ2v) is 6.79. The molecule has 4 rings (SSSR count). The van der Waals surface area contributed by atoms with Gasteiger partial charge in [0.05, 0.1) is 6.26 Å². The minimum atomic E-state index is 0.0356. The van der Waals surface area contributed by atoms with Crippen molar-refractivity contribution >= 4 is 17.3 Å². The zero-order chi connectivity index (χ0) is 16.5. The standard InChI is InChI=1S/C19H23N3O2/c1-21-8-10-22(11-9-21)15-6-4-14(5-7-15)20-19(23)17-13-16(17)18-3-2-12-24-18/h2-7,12,16-17H,8-11,13H2,1H3,(H,20,23)/t16-,17+/m0/s1. The van der Waals surface area contributed by atoms with Gasteiger partial charge >= 0.3 is 0 Å². The van der Waals surface area contributed by atoms with E-state index in [1.807, 2.05) is 24.3 Å². The Balaban J connectivity index is 1.33. The van der Waals surface area contributed by atoms with Gasteiger partial charge in [0.15, 0.2) is 0 Å². The molecular formula is C19H23N3O2. The van der Waals surface area contributed by atoms with E-state index in [4.69, 9.17) is 4.42 Å². The minimum absolute atomic E-state index is 0.0356. The van der Waals surface area contributed by atoms with Gasteiger partial charge < -0.3 is 19.5 Å². The van der Waals surface area contributed by atoms with E-state index in [-0.39, 0.29) is 17.7 Å². The number of rotatable bonds is 4. The molecule has 0 bridgehead atoms. The highest BCUT2D eigenvalue weighted by Crippen LogP contribution is 2.48. The molecule has 1 aliphatic heterocycles. The maximum atomic E-state index is 12.3. The topological polar surface area (TPSA) is 48.7 Å². The number of anilines is 2. The van der Waals surface area contributed by atoms with Crippen LogP contribution in [-0.4, -0.2) is 44.0 Å². The average Bonchev–Trinajstić information content (AvgIpc) is 3.22. The van der Waals surface area contributed by atoms with Crippen LogP contribution >= 0.6 is 0 Å². The molecule has 0 unspecified atom stereocenters. The van der Waals surface area contributed by atoms with Gasteiger partial charge in [-0.05, 0) is 49.9 Å². The molecule has 1 N–H and O–H groups in total. The molecule has 1 saturated carbocycles. The molecule has 1 saturated heterocycles. The first kappa shape index (κ1) is 15.3. The van der Waals surface area contributed by atoms with Crippen LogP contribution < -0.4 is 10.2 Å². The van der Waals surface area contributed by atoms with Crippen molar-refractivity contribution in [2.24, 2.45) is 5.92 Å². The fraction of sp³-hybridized carbons (Fsp3) is 0.421. The Hall–Kier alpha value is -2.27. The predicted molar refractivity (Wildman–Crippen MR) is 94.3 cm³/mol. The second-order valence-electron chi connectivity index (χ2n) is 6.79. The highest BCUT2D eigenvalue weighted by Gasteiger charge is 2.45. The van der Waals surface area contributed by atoms with Gasteiger partial charge in [-0.3, -0.25) is 4.79 Å². The first-order chi connectivity index (χ1) is 11.7. The summed E-state index contributed by atoms with van der Waals surface area (Å²) in [6.45, 7) is 4.28.